The molecule has 1 heterocycles. The van der Waals surface area contributed by atoms with Crippen LogP contribution >= 0.6 is 0 Å². The van der Waals surface area contributed by atoms with Gasteiger partial charge in [0.25, 0.3) is 0 Å². The highest BCUT2D eigenvalue weighted by Crippen LogP contribution is 2.19. The summed E-state index contributed by atoms with van der Waals surface area (Å²) in [6.07, 6.45) is 2.31. The number of hydrogen-bond donors (Lipinski definition) is 0. The van der Waals surface area contributed by atoms with Gasteiger partial charge in [-0.05, 0) is 13.8 Å². The number of carbonyl (C=O) groups is 2. The van der Waals surface area contributed by atoms with E-state index >= 15 is 0 Å². The van der Waals surface area contributed by atoms with Crippen LogP contribution in [0.4, 0.5) is 0 Å². The number of rotatable bonds is 8. The van der Waals surface area contributed by atoms with Crippen molar-refractivity contribution in [3.63, 3.8) is 0 Å². The first-order chi connectivity index (χ1) is 9.86. The lowest BCUT2D eigenvalue weighted by Crippen LogP contribution is -2.50. The molecule has 118 valence electrons. The molecule has 0 aliphatic carbocycles. The van der Waals surface area contributed by atoms with Crippen LogP contribution in [0.1, 0.15) is 26.7 Å². The highest BCUT2D eigenvalue weighted by Gasteiger charge is 2.32. The van der Waals surface area contributed by atoms with Gasteiger partial charge in [-0.1, -0.05) is 13.2 Å². The summed E-state index contributed by atoms with van der Waals surface area (Å²) in [6, 6.07) is 0. The molecule has 5 nitrogen and oxygen atoms in total. The quantitative estimate of drug-likeness (QED) is 0.389. The number of ether oxygens (including phenoxy) is 2. The number of hydrogen-bond acceptors (Lipinski definition) is 4. The van der Waals surface area contributed by atoms with Crippen LogP contribution in [0.3, 0.4) is 0 Å². The second-order valence-electron chi connectivity index (χ2n) is 5.78. The van der Waals surface area contributed by atoms with E-state index in [9.17, 15) is 9.59 Å². The van der Waals surface area contributed by atoms with Crippen molar-refractivity contribution in [2.24, 2.45) is 0 Å². The normalized spacial score (nSPS) is 16.3. The minimum absolute atomic E-state index is 0.346. The van der Waals surface area contributed by atoms with E-state index in [0.717, 1.165) is 43.5 Å². The smallest absolute Gasteiger partial charge is 0.333 e. The molecule has 1 aliphatic rings. The van der Waals surface area contributed by atoms with Gasteiger partial charge < -0.3 is 14.0 Å². The molecule has 0 aromatic heterocycles. The molecule has 1 rings (SSSR count). The van der Waals surface area contributed by atoms with E-state index in [-0.39, 0.29) is 11.9 Å². The average Bonchev–Trinajstić information content (AvgIpc) is 2.87. The minimum Gasteiger partial charge on any atom is -0.456 e. The van der Waals surface area contributed by atoms with Crippen molar-refractivity contribution < 1.29 is 23.5 Å². The summed E-state index contributed by atoms with van der Waals surface area (Å²) in [4.78, 5) is 22.8. The Labute approximate surface area is 126 Å². The Bertz CT molecular complexity index is 388. The van der Waals surface area contributed by atoms with Gasteiger partial charge in [0.15, 0.2) is 0 Å². The summed E-state index contributed by atoms with van der Waals surface area (Å²) >= 11 is 0. The molecule has 0 aromatic rings. The van der Waals surface area contributed by atoms with Crippen molar-refractivity contribution in [1.29, 1.82) is 0 Å². The molecule has 0 saturated carbocycles. The van der Waals surface area contributed by atoms with Gasteiger partial charge in [-0.3, -0.25) is 0 Å². The van der Waals surface area contributed by atoms with Crippen molar-refractivity contribution in [2.45, 2.75) is 26.7 Å². The summed E-state index contributed by atoms with van der Waals surface area (Å²) in [5.74, 6) is -0.692. The monoisotopic (exact) mass is 296 g/mol. The van der Waals surface area contributed by atoms with Crippen molar-refractivity contribution >= 4 is 11.9 Å². The Kier molecular flexibility index (Phi) is 6.62. The third kappa shape index (κ3) is 5.71. The third-order valence-corrected chi connectivity index (χ3v) is 3.81. The lowest BCUT2D eigenvalue weighted by atomic mass is 10.3. The van der Waals surface area contributed by atoms with Gasteiger partial charge in [-0.2, -0.15) is 0 Å². The highest BCUT2D eigenvalue weighted by atomic mass is 16.5. The van der Waals surface area contributed by atoms with Crippen LogP contribution < -0.4 is 0 Å². The SMILES string of the molecule is C=C(C)C(=O)OCC[N+]1(CCOC(=O)C(=C)C)CCCC1. The van der Waals surface area contributed by atoms with Crippen LogP contribution in [0.5, 0.6) is 0 Å². The molecule has 1 fully saturated rings. The number of nitrogens with zero attached hydrogens (tertiary/aromatic N) is 1. The first-order valence-electron chi connectivity index (χ1n) is 7.37. The number of esters is 2. The van der Waals surface area contributed by atoms with Gasteiger partial charge in [-0.25, -0.2) is 9.59 Å². The molecule has 0 unspecified atom stereocenters. The highest BCUT2D eigenvalue weighted by molar-refractivity contribution is 5.87. The maximum Gasteiger partial charge on any atom is 0.333 e. The second-order valence-corrected chi connectivity index (χ2v) is 5.78. The summed E-state index contributed by atoms with van der Waals surface area (Å²) in [6.45, 7) is 14.7. The first-order valence-corrected chi connectivity index (χ1v) is 7.37. The van der Waals surface area contributed by atoms with Crippen LogP contribution in [0.2, 0.25) is 0 Å². The van der Waals surface area contributed by atoms with E-state index < -0.39 is 0 Å². The Morgan fingerprint density at radius 1 is 0.905 bits per heavy atom. The standard InChI is InChI=1S/C16H26NO4/c1-13(2)15(18)20-11-9-17(7-5-6-8-17)10-12-21-16(19)14(3)4/h1,3,5-12H2,2,4H3/q+1. The van der Waals surface area contributed by atoms with Crippen LogP contribution in [0, 0.1) is 0 Å². The van der Waals surface area contributed by atoms with Crippen molar-refractivity contribution in [2.75, 3.05) is 39.4 Å². The summed E-state index contributed by atoms with van der Waals surface area (Å²) in [5.41, 5.74) is 0.830. The van der Waals surface area contributed by atoms with E-state index in [1.807, 2.05) is 0 Å². The Morgan fingerprint density at radius 2 is 1.29 bits per heavy atom. The maximum atomic E-state index is 11.4. The lowest BCUT2D eigenvalue weighted by molar-refractivity contribution is -0.917. The predicted molar refractivity (Wildman–Crippen MR) is 80.5 cm³/mol. The number of likely N-dealkylation sites (tertiary alicyclic amines) is 1. The van der Waals surface area contributed by atoms with Gasteiger partial charge >= 0.3 is 11.9 Å². The molecule has 0 atom stereocenters. The van der Waals surface area contributed by atoms with Crippen molar-refractivity contribution in [3.8, 4) is 0 Å². The zero-order valence-corrected chi connectivity index (χ0v) is 13.2. The van der Waals surface area contributed by atoms with Crippen LogP contribution in [-0.4, -0.2) is 55.8 Å². The second kappa shape index (κ2) is 7.98. The largest absolute Gasteiger partial charge is 0.456 e. The molecule has 1 aliphatic heterocycles. The van der Waals surface area contributed by atoms with Gasteiger partial charge in [0, 0.05) is 24.0 Å². The van der Waals surface area contributed by atoms with Gasteiger partial charge in [-0.15, -0.1) is 0 Å². The van der Waals surface area contributed by atoms with E-state index in [1.165, 1.54) is 0 Å². The minimum atomic E-state index is -0.346. The molecule has 0 radical (unpaired) electrons. The van der Waals surface area contributed by atoms with Crippen LogP contribution in [0.15, 0.2) is 24.3 Å². The van der Waals surface area contributed by atoms with Crippen molar-refractivity contribution in [1.82, 2.24) is 0 Å². The number of carbonyl (C=O) groups excluding carboxylic acids is 2. The fourth-order valence-corrected chi connectivity index (χ4v) is 2.48. The molecule has 0 aromatic carbocycles. The number of quaternary nitrogens is 1. The van der Waals surface area contributed by atoms with Gasteiger partial charge in [0.1, 0.15) is 26.3 Å². The zero-order valence-electron chi connectivity index (χ0n) is 13.2. The molecule has 0 N–H and O–H groups in total. The topological polar surface area (TPSA) is 52.6 Å². The Morgan fingerprint density at radius 3 is 1.62 bits per heavy atom. The molecule has 0 spiro atoms. The van der Waals surface area contributed by atoms with Gasteiger partial charge in [0.05, 0.1) is 13.1 Å². The first kappa shape index (κ1) is 17.4. The molecular weight excluding hydrogens is 270 g/mol. The molecule has 0 bridgehead atoms. The Balaban J connectivity index is 2.40. The zero-order chi connectivity index (χ0) is 15.9. The van der Waals surface area contributed by atoms with Crippen LogP contribution in [0.25, 0.3) is 0 Å². The Hall–Kier alpha value is -1.62. The maximum absolute atomic E-state index is 11.4. The predicted octanol–water partition coefficient (Wildman–Crippen LogP) is 1.84. The van der Waals surface area contributed by atoms with E-state index in [1.54, 1.807) is 13.8 Å². The van der Waals surface area contributed by atoms with E-state index in [4.69, 9.17) is 9.47 Å². The summed E-state index contributed by atoms with van der Waals surface area (Å²) < 4.78 is 11.2. The molecule has 1 saturated heterocycles. The molecule has 5 heteroatoms. The fraction of sp³-hybridized carbons (Fsp3) is 0.625. The molecule has 21 heavy (non-hydrogen) atoms. The average molecular weight is 296 g/mol. The lowest BCUT2D eigenvalue weighted by Gasteiger charge is -2.33. The van der Waals surface area contributed by atoms with Crippen molar-refractivity contribution in [3.05, 3.63) is 24.3 Å². The molecular formula is C16H26NO4+. The third-order valence-electron chi connectivity index (χ3n) is 3.81. The van der Waals surface area contributed by atoms with Gasteiger partial charge in [0.2, 0.25) is 0 Å². The summed E-state index contributed by atoms with van der Waals surface area (Å²) in [7, 11) is 0. The van der Waals surface area contributed by atoms with E-state index in [0.29, 0.717) is 24.4 Å². The summed E-state index contributed by atoms with van der Waals surface area (Å²) in [5, 5.41) is 0. The fourth-order valence-electron chi connectivity index (χ4n) is 2.48. The van der Waals surface area contributed by atoms with E-state index in [2.05, 4.69) is 13.2 Å². The molecule has 0 amide bonds. The van der Waals surface area contributed by atoms with Crippen LogP contribution in [-0.2, 0) is 19.1 Å².